The van der Waals surface area contributed by atoms with Gasteiger partial charge in [0.05, 0.1) is 25.5 Å². The molecule has 0 saturated heterocycles. The number of para-hydroxylation sites is 1. The van der Waals surface area contributed by atoms with Gasteiger partial charge in [-0.25, -0.2) is 4.79 Å². The van der Waals surface area contributed by atoms with Crippen molar-refractivity contribution in [3.63, 3.8) is 0 Å². The number of nitrogens with zero attached hydrogens (tertiary/aromatic N) is 1. The van der Waals surface area contributed by atoms with Gasteiger partial charge in [-0.05, 0) is 18.2 Å². The van der Waals surface area contributed by atoms with Gasteiger partial charge in [0.15, 0.2) is 11.5 Å². The third kappa shape index (κ3) is 2.89. The van der Waals surface area contributed by atoms with Gasteiger partial charge in [-0.1, -0.05) is 18.2 Å². The maximum atomic E-state index is 12.5. The van der Waals surface area contributed by atoms with Crippen LogP contribution in [-0.4, -0.2) is 31.4 Å². The predicted octanol–water partition coefficient (Wildman–Crippen LogP) is 3.58. The molecule has 0 bridgehead atoms. The van der Waals surface area contributed by atoms with Crippen LogP contribution in [0.2, 0.25) is 0 Å². The smallest absolute Gasteiger partial charge is 0.341 e. The van der Waals surface area contributed by atoms with E-state index in [1.807, 2.05) is 60.3 Å². The molecule has 2 aromatic carbocycles. The molecule has 1 N–H and O–H groups in total. The number of esters is 1. The second kappa shape index (κ2) is 6.72. The molecule has 0 amide bonds. The number of anilines is 1. The van der Waals surface area contributed by atoms with E-state index in [2.05, 4.69) is 5.32 Å². The lowest BCUT2D eigenvalue weighted by atomic mass is 10.0. The number of ether oxygens (including phenoxy) is 3. The number of aryl methyl sites for hydroxylation is 1. The molecule has 2 heterocycles. The third-order valence-electron chi connectivity index (χ3n) is 4.70. The van der Waals surface area contributed by atoms with Crippen LogP contribution in [0.5, 0.6) is 11.5 Å². The van der Waals surface area contributed by atoms with Crippen LogP contribution in [-0.2, 0) is 16.6 Å². The molecule has 0 atom stereocenters. The van der Waals surface area contributed by atoms with E-state index in [1.54, 1.807) is 14.2 Å². The van der Waals surface area contributed by atoms with Crippen molar-refractivity contribution in [2.75, 3.05) is 26.1 Å². The molecular formula is C21H20N2O4. The van der Waals surface area contributed by atoms with Gasteiger partial charge in [0.1, 0.15) is 6.61 Å². The summed E-state index contributed by atoms with van der Waals surface area (Å²) in [4.78, 5) is 12.5. The van der Waals surface area contributed by atoms with Crippen molar-refractivity contribution >= 4 is 28.1 Å². The van der Waals surface area contributed by atoms with Gasteiger partial charge < -0.3 is 24.1 Å². The molecule has 1 aliphatic rings. The Hall–Kier alpha value is -3.41. The van der Waals surface area contributed by atoms with Gasteiger partial charge in [0.25, 0.3) is 0 Å². The fourth-order valence-corrected chi connectivity index (χ4v) is 3.41. The van der Waals surface area contributed by atoms with E-state index in [0.29, 0.717) is 17.1 Å². The molecule has 3 aromatic rings. The van der Waals surface area contributed by atoms with E-state index in [-0.39, 0.29) is 12.6 Å². The number of hydrogen-bond acceptors (Lipinski definition) is 5. The van der Waals surface area contributed by atoms with Gasteiger partial charge in [0.2, 0.25) is 0 Å². The Morgan fingerprint density at radius 2 is 1.85 bits per heavy atom. The Kier molecular flexibility index (Phi) is 4.24. The number of rotatable bonds is 5. The van der Waals surface area contributed by atoms with E-state index >= 15 is 0 Å². The van der Waals surface area contributed by atoms with Crippen molar-refractivity contribution in [2.24, 2.45) is 7.05 Å². The fraction of sp³-hybridized carbons (Fsp3) is 0.190. The number of cyclic esters (lactones) is 1. The largest absolute Gasteiger partial charge is 0.493 e. The molecule has 0 fully saturated rings. The highest BCUT2D eigenvalue weighted by atomic mass is 16.5. The van der Waals surface area contributed by atoms with Crippen molar-refractivity contribution in [3.05, 3.63) is 59.9 Å². The molecule has 6 heteroatoms. The van der Waals surface area contributed by atoms with Crippen LogP contribution in [0, 0.1) is 0 Å². The Balaban J connectivity index is 1.78. The van der Waals surface area contributed by atoms with Crippen LogP contribution in [0.25, 0.3) is 16.5 Å². The Morgan fingerprint density at radius 3 is 2.63 bits per heavy atom. The first-order valence-corrected chi connectivity index (χ1v) is 8.56. The van der Waals surface area contributed by atoms with Crippen LogP contribution in [0.3, 0.4) is 0 Å². The summed E-state index contributed by atoms with van der Waals surface area (Å²) in [6, 6.07) is 13.5. The lowest BCUT2D eigenvalue weighted by molar-refractivity contribution is -0.134. The molecule has 138 valence electrons. The normalized spacial score (nSPS) is 13.8. The third-order valence-corrected chi connectivity index (χ3v) is 4.70. The van der Waals surface area contributed by atoms with Crippen LogP contribution < -0.4 is 14.8 Å². The SMILES string of the molecule is COc1ccc(NC2=C(c3cn(C)c4ccccc34)C(=O)OC2)cc1OC. The molecule has 27 heavy (non-hydrogen) atoms. The summed E-state index contributed by atoms with van der Waals surface area (Å²) in [5, 5.41) is 4.32. The van der Waals surface area contributed by atoms with Crippen molar-refractivity contribution < 1.29 is 19.0 Å². The number of hydrogen-bond donors (Lipinski definition) is 1. The van der Waals surface area contributed by atoms with E-state index in [0.717, 1.165) is 27.9 Å². The van der Waals surface area contributed by atoms with Crippen LogP contribution in [0.4, 0.5) is 5.69 Å². The number of nitrogens with one attached hydrogen (secondary N) is 1. The number of carbonyl (C=O) groups excluding carboxylic acids is 1. The number of methoxy groups -OCH3 is 2. The molecule has 0 radical (unpaired) electrons. The first kappa shape index (κ1) is 17.0. The second-order valence-electron chi connectivity index (χ2n) is 6.30. The summed E-state index contributed by atoms with van der Waals surface area (Å²) in [6.07, 6.45) is 1.96. The number of carbonyl (C=O) groups is 1. The van der Waals surface area contributed by atoms with E-state index in [1.165, 1.54) is 0 Å². The minimum absolute atomic E-state index is 0.200. The average molecular weight is 364 g/mol. The molecule has 1 aliphatic heterocycles. The second-order valence-corrected chi connectivity index (χ2v) is 6.30. The molecule has 6 nitrogen and oxygen atoms in total. The first-order chi connectivity index (χ1) is 13.1. The van der Waals surface area contributed by atoms with Gasteiger partial charge in [-0.2, -0.15) is 0 Å². The highest BCUT2D eigenvalue weighted by molar-refractivity contribution is 6.23. The van der Waals surface area contributed by atoms with Crippen molar-refractivity contribution in [3.8, 4) is 11.5 Å². The summed E-state index contributed by atoms with van der Waals surface area (Å²) < 4.78 is 18.0. The maximum Gasteiger partial charge on any atom is 0.341 e. The average Bonchev–Trinajstić information content (AvgIpc) is 3.21. The van der Waals surface area contributed by atoms with Gasteiger partial charge >= 0.3 is 5.97 Å². The van der Waals surface area contributed by atoms with Crippen LogP contribution >= 0.6 is 0 Å². The lowest BCUT2D eigenvalue weighted by Crippen LogP contribution is -2.03. The minimum atomic E-state index is -0.325. The van der Waals surface area contributed by atoms with Gasteiger partial charge in [-0.3, -0.25) is 0 Å². The molecule has 4 rings (SSSR count). The summed E-state index contributed by atoms with van der Waals surface area (Å²) in [7, 11) is 5.15. The van der Waals surface area contributed by atoms with Crippen molar-refractivity contribution in [1.82, 2.24) is 4.57 Å². The van der Waals surface area contributed by atoms with E-state index < -0.39 is 0 Å². The summed E-state index contributed by atoms with van der Waals surface area (Å²) in [5.74, 6) is 0.930. The highest BCUT2D eigenvalue weighted by Gasteiger charge is 2.29. The zero-order chi connectivity index (χ0) is 19.0. The number of aromatic nitrogens is 1. The zero-order valence-corrected chi connectivity index (χ0v) is 15.4. The van der Waals surface area contributed by atoms with Gasteiger partial charge in [0, 0.05) is 41.5 Å². The molecule has 0 saturated carbocycles. The van der Waals surface area contributed by atoms with E-state index in [9.17, 15) is 4.79 Å². The van der Waals surface area contributed by atoms with Gasteiger partial charge in [-0.15, -0.1) is 0 Å². The molecule has 0 unspecified atom stereocenters. The Bertz CT molecular complexity index is 1070. The number of fused-ring (bicyclic) bond motifs is 1. The topological polar surface area (TPSA) is 61.7 Å². The highest BCUT2D eigenvalue weighted by Crippen LogP contribution is 2.35. The molecule has 0 spiro atoms. The molecular weight excluding hydrogens is 344 g/mol. The number of benzene rings is 2. The van der Waals surface area contributed by atoms with E-state index in [4.69, 9.17) is 14.2 Å². The van der Waals surface area contributed by atoms with Crippen molar-refractivity contribution in [1.29, 1.82) is 0 Å². The quantitative estimate of drug-likeness (QED) is 0.701. The standard InChI is InChI=1S/C21H20N2O4/c1-23-11-15(14-6-4-5-7-17(14)23)20-16(12-27-21(20)24)22-13-8-9-18(25-2)19(10-13)26-3/h4-11,22H,12H2,1-3H3. The maximum absolute atomic E-state index is 12.5. The Labute approximate surface area is 157 Å². The zero-order valence-electron chi connectivity index (χ0n) is 15.4. The predicted molar refractivity (Wildman–Crippen MR) is 104 cm³/mol. The fourth-order valence-electron chi connectivity index (χ4n) is 3.41. The Morgan fingerprint density at radius 1 is 1.07 bits per heavy atom. The lowest BCUT2D eigenvalue weighted by Gasteiger charge is -2.12. The first-order valence-electron chi connectivity index (χ1n) is 8.56. The summed E-state index contributed by atoms with van der Waals surface area (Å²) in [6.45, 7) is 0.200. The summed E-state index contributed by atoms with van der Waals surface area (Å²) >= 11 is 0. The monoisotopic (exact) mass is 364 g/mol. The minimum Gasteiger partial charge on any atom is -0.493 e. The molecule has 0 aliphatic carbocycles. The summed E-state index contributed by atoms with van der Waals surface area (Å²) in [5.41, 5.74) is 3.99. The van der Waals surface area contributed by atoms with Crippen molar-refractivity contribution in [2.45, 2.75) is 0 Å². The molecule has 1 aromatic heterocycles. The van der Waals surface area contributed by atoms with Crippen LogP contribution in [0.1, 0.15) is 5.56 Å². The van der Waals surface area contributed by atoms with Crippen LogP contribution in [0.15, 0.2) is 54.4 Å².